The Kier molecular flexibility index (Phi) is 4.61. The number of pyridine rings is 1. The molecule has 0 bridgehead atoms. The zero-order valence-corrected chi connectivity index (χ0v) is 13.2. The summed E-state index contributed by atoms with van der Waals surface area (Å²) in [6, 6.07) is 11.1. The first-order valence-electron chi connectivity index (χ1n) is 6.92. The van der Waals surface area contributed by atoms with E-state index in [1.807, 2.05) is 30.3 Å². The Labute approximate surface area is 143 Å². The number of aromatic nitrogens is 3. The molecule has 0 spiro atoms. The first kappa shape index (κ1) is 16.8. The molecule has 0 fully saturated rings. The van der Waals surface area contributed by atoms with Crippen LogP contribution in [0.1, 0.15) is 16.1 Å². The topological polar surface area (TPSA) is 79.8 Å². The van der Waals surface area contributed by atoms with E-state index in [0.717, 1.165) is 35.2 Å². The van der Waals surface area contributed by atoms with Crippen LogP contribution >= 0.6 is 11.3 Å². The van der Waals surface area contributed by atoms with Gasteiger partial charge in [-0.2, -0.15) is 13.2 Å². The zero-order chi connectivity index (χ0) is 17.9. The molecule has 1 amide bonds. The Morgan fingerprint density at radius 2 is 1.80 bits per heavy atom. The molecule has 128 valence electrons. The number of hydrogen-bond acceptors (Lipinski definition) is 6. The van der Waals surface area contributed by atoms with E-state index < -0.39 is 23.3 Å². The lowest BCUT2D eigenvalue weighted by molar-refractivity contribution is -0.138. The molecule has 3 aromatic rings. The summed E-state index contributed by atoms with van der Waals surface area (Å²) in [4.78, 5) is 15.5. The molecule has 25 heavy (non-hydrogen) atoms. The highest BCUT2D eigenvalue weighted by molar-refractivity contribution is 7.18. The Bertz CT molecular complexity index is 882. The van der Waals surface area contributed by atoms with Gasteiger partial charge in [0.2, 0.25) is 5.13 Å². The quantitative estimate of drug-likeness (QED) is 0.693. The van der Waals surface area contributed by atoms with Crippen LogP contribution in [0.25, 0.3) is 10.6 Å². The lowest BCUT2D eigenvalue weighted by Gasteiger charge is -2.11. The molecule has 3 rings (SSSR count). The average molecular weight is 365 g/mol. The summed E-state index contributed by atoms with van der Waals surface area (Å²) in [6.07, 6.45) is -3.56. The highest BCUT2D eigenvalue weighted by Crippen LogP contribution is 2.31. The Balaban J connectivity index is 1.71. The van der Waals surface area contributed by atoms with Crippen LogP contribution in [0.3, 0.4) is 0 Å². The molecular formula is C15H10F3N5OS. The second-order valence-corrected chi connectivity index (χ2v) is 5.73. The number of halogens is 3. The van der Waals surface area contributed by atoms with Crippen molar-refractivity contribution in [3.05, 3.63) is 59.9 Å². The van der Waals surface area contributed by atoms with Crippen molar-refractivity contribution in [2.45, 2.75) is 6.18 Å². The Hall–Kier alpha value is -3.01. The second kappa shape index (κ2) is 6.85. The normalized spacial score (nSPS) is 11.2. The number of carbonyl (C=O) groups excluding carboxylic acids is 1. The summed E-state index contributed by atoms with van der Waals surface area (Å²) in [5, 5.41) is 8.62. The first-order valence-corrected chi connectivity index (χ1v) is 7.74. The van der Waals surface area contributed by atoms with E-state index in [4.69, 9.17) is 0 Å². The third kappa shape index (κ3) is 3.91. The molecule has 2 heterocycles. The van der Waals surface area contributed by atoms with E-state index in [1.165, 1.54) is 0 Å². The van der Waals surface area contributed by atoms with Crippen LogP contribution in [0.5, 0.6) is 0 Å². The fourth-order valence-electron chi connectivity index (χ4n) is 1.96. The van der Waals surface area contributed by atoms with Crippen molar-refractivity contribution in [1.82, 2.24) is 20.6 Å². The van der Waals surface area contributed by atoms with E-state index in [0.29, 0.717) is 5.01 Å². The molecule has 0 atom stereocenters. The zero-order valence-electron chi connectivity index (χ0n) is 12.4. The molecule has 2 aromatic heterocycles. The van der Waals surface area contributed by atoms with Crippen LogP contribution in [0, 0.1) is 0 Å². The van der Waals surface area contributed by atoms with Crippen LogP contribution in [-0.2, 0) is 6.18 Å². The van der Waals surface area contributed by atoms with E-state index in [2.05, 4.69) is 26.0 Å². The molecule has 2 N–H and O–H groups in total. The summed E-state index contributed by atoms with van der Waals surface area (Å²) >= 11 is 1.14. The van der Waals surface area contributed by atoms with Gasteiger partial charge in [-0.05, 0) is 12.1 Å². The third-order valence-corrected chi connectivity index (χ3v) is 3.94. The maximum Gasteiger partial charge on any atom is 0.418 e. The summed E-state index contributed by atoms with van der Waals surface area (Å²) in [6.45, 7) is 0. The van der Waals surface area contributed by atoms with Crippen LogP contribution in [0.15, 0.2) is 48.7 Å². The lowest BCUT2D eigenvalue weighted by Crippen LogP contribution is -2.32. The fourth-order valence-corrected chi connectivity index (χ4v) is 2.66. The fraction of sp³-hybridized carbons (Fsp3) is 0.0667. The number of nitrogens with one attached hydrogen (secondary N) is 2. The van der Waals surface area contributed by atoms with Gasteiger partial charge in [-0.15, -0.1) is 10.2 Å². The molecule has 6 nitrogen and oxygen atoms in total. The van der Waals surface area contributed by atoms with Crippen molar-refractivity contribution in [2.24, 2.45) is 0 Å². The highest BCUT2D eigenvalue weighted by Gasteiger charge is 2.35. The molecule has 0 unspecified atom stereocenters. The molecule has 0 aliphatic rings. The Morgan fingerprint density at radius 1 is 1.04 bits per heavy atom. The maximum absolute atomic E-state index is 12.9. The van der Waals surface area contributed by atoms with Gasteiger partial charge in [0.25, 0.3) is 5.91 Å². The molecule has 0 aliphatic heterocycles. The standard InChI is InChI=1S/C15H10F3N5OS/c16-15(17,18)10-7-4-8-19-11(10)12(24)20-22-14-23-21-13(25-14)9-5-2-1-3-6-9/h1-8H,(H,20,24)(H,22,23). The number of carbonyl (C=O) groups is 1. The van der Waals surface area contributed by atoms with Crippen LogP contribution in [-0.4, -0.2) is 21.1 Å². The number of nitrogens with zero attached hydrogens (tertiary/aromatic N) is 3. The first-order chi connectivity index (χ1) is 11.9. The van der Waals surface area contributed by atoms with Gasteiger partial charge >= 0.3 is 6.18 Å². The lowest BCUT2D eigenvalue weighted by atomic mass is 10.2. The number of hydrogen-bond donors (Lipinski definition) is 2. The van der Waals surface area contributed by atoms with Crippen molar-refractivity contribution in [3.8, 4) is 10.6 Å². The second-order valence-electron chi connectivity index (χ2n) is 4.75. The van der Waals surface area contributed by atoms with Gasteiger partial charge in [-0.25, -0.2) is 0 Å². The number of alkyl halides is 3. The van der Waals surface area contributed by atoms with Gasteiger partial charge in [0, 0.05) is 11.8 Å². The monoisotopic (exact) mass is 365 g/mol. The van der Waals surface area contributed by atoms with Crippen molar-refractivity contribution in [1.29, 1.82) is 0 Å². The van der Waals surface area contributed by atoms with Crippen LogP contribution in [0.2, 0.25) is 0 Å². The number of amides is 1. The maximum atomic E-state index is 12.9. The average Bonchev–Trinajstić information content (AvgIpc) is 3.09. The van der Waals surface area contributed by atoms with Crippen LogP contribution < -0.4 is 10.9 Å². The molecular weight excluding hydrogens is 355 g/mol. The number of hydrazine groups is 1. The van der Waals surface area contributed by atoms with Gasteiger partial charge in [-0.3, -0.25) is 20.6 Å². The van der Waals surface area contributed by atoms with Gasteiger partial charge in [0.15, 0.2) is 0 Å². The van der Waals surface area contributed by atoms with Crippen molar-refractivity contribution >= 4 is 22.4 Å². The number of benzene rings is 1. The van der Waals surface area contributed by atoms with Gasteiger partial charge in [0.1, 0.15) is 10.7 Å². The molecule has 0 saturated heterocycles. The van der Waals surface area contributed by atoms with E-state index in [9.17, 15) is 18.0 Å². The minimum atomic E-state index is -4.68. The SMILES string of the molecule is O=C(NNc1nnc(-c2ccccc2)s1)c1ncccc1C(F)(F)F. The van der Waals surface area contributed by atoms with E-state index >= 15 is 0 Å². The minimum Gasteiger partial charge on any atom is -0.271 e. The van der Waals surface area contributed by atoms with E-state index in [1.54, 1.807) is 0 Å². The molecule has 0 aliphatic carbocycles. The van der Waals surface area contributed by atoms with Gasteiger partial charge in [-0.1, -0.05) is 41.7 Å². The van der Waals surface area contributed by atoms with Crippen molar-refractivity contribution in [3.63, 3.8) is 0 Å². The molecule has 0 saturated carbocycles. The summed E-state index contributed by atoms with van der Waals surface area (Å²) in [7, 11) is 0. The molecule has 10 heteroatoms. The Morgan fingerprint density at radius 3 is 2.52 bits per heavy atom. The predicted molar refractivity (Wildman–Crippen MR) is 85.7 cm³/mol. The smallest absolute Gasteiger partial charge is 0.271 e. The van der Waals surface area contributed by atoms with Crippen molar-refractivity contribution in [2.75, 3.05) is 5.43 Å². The minimum absolute atomic E-state index is 0.233. The summed E-state index contributed by atoms with van der Waals surface area (Å²) < 4.78 is 38.7. The van der Waals surface area contributed by atoms with E-state index in [-0.39, 0.29) is 5.13 Å². The number of rotatable bonds is 4. The van der Waals surface area contributed by atoms with Gasteiger partial charge < -0.3 is 0 Å². The molecule has 0 radical (unpaired) electrons. The predicted octanol–water partition coefficient (Wildman–Crippen LogP) is 3.38. The number of anilines is 1. The summed E-state index contributed by atoms with van der Waals surface area (Å²) in [5.74, 6) is -1.02. The van der Waals surface area contributed by atoms with Gasteiger partial charge in [0.05, 0.1) is 5.56 Å². The summed E-state index contributed by atoms with van der Waals surface area (Å²) in [5.41, 5.74) is 3.59. The van der Waals surface area contributed by atoms with Crippen LogP contribution in [0.4, 0.5) is 18.3 Å². The van der Waals surface area contributed by atoms with Crippen molar-refractivity contribution < 1.29 is 18.0 Å². The third-order valence-electron chi connectivity index (χ3n) is 3.06. The molecule has 1 aromatic carbocycles. The highest BCUT2D eigenvalue weighted by atomic mass is 32.1. The largest absolute Gasteiger partial charge is 0.418 e.